The number of thioether (sulfide) groups is 1. The monoisotopic (exact) mass is 255 g/mol. The van der Waals surface area contributed by atoms with E-state index in [2.05, 4.69) is 11.6 Å². The Kier molecular flexibility index (Phi) is 5.44. The molecule has 0 aromatic heterocycles. The molecule has 1 rings (SSSR count). The minimum absolute atomic E-state index is 0.267. The summed E-state index contributed by atoms with van der Waals surface area (Å²) in [6.45, 7) is 1.62. The predicted octanol–water partition coefficient (Wildman–Crippen LogP) is 3.59. The fourth-order valence-electron chi connectivity index (χ4n) is 2.32. The lowest BCUT2D eigenvalue weighted by Gasteiger charge is -2.31. The van der Waals surface area contributed by atoms with Crippen molar-refractivity contribution in [3.8, 4) is 0 Å². The molecule has 1 aliphatic rings. The molecule has 0 aromatic rings. The summed E-state index contributed by atoms with van der Waals surface area (Å²) in [7, 11) is 0. The smallest absolute Gasteiger partial charge is 0.311 e. The summed E-state index contributed by atoms with van der Waals surface area (Å²) in [6.07, 6.45) is 1.64. The van der Waals surface area contributed by atoms with Crippen LogP contribution in [0.4, 0.5) is 13.2 Å². The lowest BCUT2D eigenvalue weighted by atomic mass is 9.94. The average Bonchev–Trinajstić information content (AvgIpc) is 2.15. The Balaban J connectivity index is 2.30. The molecule has 0 amide bonds. The van der Waals surface area contributed by atoms with E-state index in [9.17, 15) is 13.2 Å². The molecule has 5 heteroatoms. The molecule has 3 unspecified atom stereocenters. The number of hydrogen-bond donors (Lipinski definition) is 1. The molecule has 0 bridgehead atoms. The fraction of sp³-hybridized carbons (Fsp3) is 1.00. The molecule has 1 saturated carbocycles. The highest BCUT2D eigenvalue weighted by Gasteiger charge is 2.31. The fourth-order valence-corrected chi connectivity index (χ4v) is 3.15. The molecule has 1 fully saturated rings. The number of rotatable bonds is 4. The minimum Gasteiger partial charge on any atom is -0.311 e. The van der Waals surface area contributed by atoms with Crippen molar-refractivity contribution in [1.29, 1.82) is 0 Å². The first kappa shape index (κ1) is 14.2. The number of alkyl halides is 3. The molecule has 0 spiro atoms. The molecule has 0 saturated heterocycles. The van der Waals surface area contributed by atoms with Crippen LogP contribution in [0.25, 0.3) is 0 Å². The van der Waals surface area contributed by atoms with E-state index in [4.69, 9.17) is 0 Å². The van der Waals surface area contributed by atoms with Gasteiger partial charge in [0.15, 0.2) is 0 Å². The van der Waals surface area contributed by atoms with Gasteiger partial charge >= 0.3 is 6.18 Å². The van der Waals surface area contributed by atoms with E-state index in [0.29, 0.717) is 5.25 Å². The Morgan fingerprint density at radius 1 is 1.38 bits per heavy atom. The predicted molar refractivity (Wildman–Crippen MR) is 62.8 cm³/mol. The van der Waals surface area contributed by atoms with Gasteiger partial charge in [0, 0.05) is 17.3 Å². The zero-order valence-corrected chi connectivity index (χ0v) is 10.6. The quantitative estimate of drug-likeness (QED) is 0.824. The minimum atomic E-state index is -4.06. The molecule has 0 radical (unpaired) electrons. The summed E-state index contributed by atoms with van der Waals surface area (Å²) in [5, 5.41) is 3.72. The standard InChI is InChI=1S/C11H20F3NS/c1-8(7-11(12,13)14)15-9-4-3-5-10(6-9)16-2/h8-10,15H,3-7H2,1-2H3. The zero-order chi connectivity index (χ0) is 12.2. The maximum Gasteiger partial charge on any atom is 0.390 e. The van der Waals surface area contributed by atoms with Gasteiger partial charge in [0.2, 0.25) is 0 Å². The summed E-state index contributed by atoms with van der Waals surface area (Å²) < 4.78 is 36.5. The third kappa shape index (κ3) is 5.43. The van der Waals surface area contributed by atoms with Gasteiger partial charge < -0.3 is 5.32 Å². The van der Waals surface area contributed by atoms with Crippen molar-refractivity contribution < 1.29 is 13.2 Å². The van der Waals surface area contributed by atoms with Crippen LogP contribution in [0.1, 0.15) is 39.0 Å². The van der Waals surface area contributed by atoms with Crippen molar-refractivity contribution in [3.05, 3.63) is 0 Å². The molecule has 1 nitrogen and oxygen atoms in total. The van der Waals surface area contributed by atoms with E-state index in [0.717, 1.165) is 19.3 Å². The van der Waals surface area contributed by atoms with Crippen LogP contribution in [-0.2, 0) is 0 Å². The Hall–Kier alpha value is 0.100. The molecule has 96 valence electrons. The molecule has 1 aliphatic carbocycles. The normalized spacial score (nSPS) is 29.1. The molecule has 0 aromatic carbocycles. The van der Waals surface area contributed by atoms with Crippen LogP contribution < -0.4 is 5.32 Å². The largest absolute Gasteiger partial charge is 0.390 e. The molecule has 1 N–H and O–H groups in total. The van der Waals surface area contributed by atoms with Crippen molar-refractivity contribution in [2.45, 2.75) is 62.5 Å². The Labute approximate surface area is 99.6 Å². The summed E-state index contributed by atoms with van der Waals surface area (Å²) in [5.41, 5.74) is 0. The summed E-state index contributed by atoms with van der Waals surface area (Å²) in [4.78, 5) is 0. The van der Waals surface area contributed by atoms with Crippen LogP contribution in [0, 0.1) is 0 Å². The van der Waals surface area contributed by atoms with Crippen molar-refractivity contribution in [1.82, 2.24) is 5.32 Å². The number of nitrogens with one attached hydrogen (secondary N) is 1. The van der Waals surface area contributed by atoms with E-state index < -0.39 is 18.6 Å². The van der Waals surface area contributed by atoms with E-state index in [-0.39, 0.29) is 6.04 Å². The van der Waals surface area contributed by atoms with E-state index in [1.54, 1.807) is 6.92 Å². The first-order chi connectivity index (χ1) is 7.40. The van der Waals surface area contributed by atoms with Crippen LogP contribution in [0.15, 0.2) is 0 Å². The van der Waals surface area contributed by atoms with Crippen molar-refractivity contribution in [2.75, 3.05) is 6.26 Å². The highest BCUT2D eigenvalue weighted by Crippen LogP contribution is 2.28. The topological polar surface area (TPSA) is 12.0 Å². The van der Waals surface area contributed by atoms with Crippen LogP contribution in [0.5, 0.6) is 0 Å². The van der Waals surface area contributed by atoms with Gasteiger partial charge in [0.1, 0.15) is 0 Å². The van der Waals surface area contributed by atoms with Crippen molar-refractivity contribution in [2.24, 2.45) is 0 Å². The van der Waals surface area contributed by atoms with E-state index in [1.165, 1.54) is 6.42 Å². The molecular formula is C11H20F3NS. The third-order valence-electron chi connectivity index (χ3n) is 3.02. The summed E-state index contributed by atoms with van der Waals surface area (Å²) >= 11 is 1.83. The third-order valence-corrected chi connectivity index (χ3v) is 4.11. The highest BCUT2D eigenvalue weighted by molar-refractivity contribution is 7.99. The maximum absolute atomic E-state index is 12.2. The molecule has 0 aliphatic heterocycles. The second kappa shape index (κ2) is 6.15. The van der Waals surface area contributed by atoms with Crippen molar-refractivity contribution >= 4 is 11.8 Å². The second-order valence-electron chi connectivity index (χ2n) is 4.61. The van der Waals surface area contributed by atoms with E-state index >= 15 is 0 Å². The van der Waals surface area contributed by atoms with Crippen LogP contribution in [-0.4, -0.2) is 29.8 Å². The van der Waals surface area contributed by atoms with Gasteiger partial charge in [0.25, 0.3) is 0 Å². The SMILES string of the molecule is CSC1CCCC(NC(C)CC(F)(F)F)C1. The second-order valence-corrected chi connectivity index (χ2v) is 5.75. The van der Waals surface area contributed by atoms with Gasteiger partial charge in [-0.25, -0.2) is 0 Å². The number of hydrogen-bond acceptors (Lipinski definition) is 2. The van der Waals surface area contributed by atoms with Gasteiger partial charge in [-0.05, 0) is 32.4 Å². The van der Waals surface area contributed by atoms with E-state index in [1.807, 2.05) is 11.8 Å². The highest BCUT2D eigenvalue weighted by atomic mass is 32.2. The Bertz CT molecular complexity index is 208. The first-order valence-corrected chi connectivity index (χ1v) is 7.05. The van der Waals surface area contributed by atoms with Gasteiger partial charge in [-0.15, -0.1) is 0 Å². The van der Waals surface area contributed by atoms with Gasteiger partial charge in [-0.1, -0.05) is 6.42 Å². The summed E-state index contributed by atoms with van der Waals surface area (Å²) in [6, 6.07) is -0.200. The lowest BCUT2D eigenvalue weighted by molar-refractivity contribution is -0.139. The van der Waals surface area contributed by atoms with Gasteiger partial charge in [0.05, 0.1) is 6.42 Å². The molecule has 3 atom stereocenters. The average molecular weight is 255 g/mol. The number of halogens is 3. The maximum atomic E-state index is 12.2. The molecule has 16 heavy (non-hydrogen) atoms. The molecule has 0 heterocycles. The lowest BCUT2D eigenvalue weighted by Crippen LogP contribution is -2.42. The first-order valence-electron chi connectivity index (χ1n) is 5.76. The summed E-state index contributed by atoms with van der Waals surface area (Å²) in [5.74, 6) is 0. The van der Waals surface area contributed by atoms with Crippen molar-refractivity contribution in [3.63, 3.8) is 0 Å². The zero-order valence-electron chi connectivity index (χ0n) is 9.81. The van der Waals surface area contributed by atoms with Gasteiger partial charge in [-0.2, -0.15) is 24.9 Å². The van der Waals surface area contributed by atoms with Crippen LogP contribution >= 0.6 is 11.8 Å². The Morgan fingerprint density at radius 2 is 2.06 bits per heavy atom. The van der Waals surface area contributed by atoms with Crippen LogP contribution in [0.2, 0.25) is 0 Å². The molecular weight excluding hydrogens is 235 g/mol. The Morgan fingerprint density at radius 3 is 2.62 bits per heavy atom. The van der Waals surface area contributed by atoms with Crippen LogP contribution in [0.3, 0.4) is 0 Å². The van der Waals surface area contributed by atoms with Gasteiger partial charge in [-0.3, -0.25) is 0 Å².